The largest absolute Gasteiger partial charge is 0.354 e. The second-order valence-electron chi connectivity index (χ2n) is 8.08. The van der Waals surface area contributed by atoms with Crippen molar-refractivity contribution in [1.82, 2.24) is 10.3 Å². The van der Waals surface area contributed by atoms with Gasteiger partial charge >= 0.3 is 0 Å². The minimum absolute atomic E-state index is 0.171. The number of carbonyl (C=O) groups is 1. The predicted molar refractivity (Wildman–Crippen MR) is 96.7 cm³/mol. The number of fused-ring (bicyclic) bond motifs is 2. The fraction of sp³-hybridized carbons (Fsp3) is 0.524. The van der Waals surface area contributed by atoms with Crippen LogP contribution in [0.2, 0.25) is 0 Å². The highest BCUT2D eigenvalue weighted by Gasteiger charge is 2.44. The molecule has 2 aliphatic carbocycles. The van der Waals surface area contributed by atoms with E-state index in [1.54, 1.807) is 12.1 Å². The molecule has 0 radical (unpaired) electrons. The average molecular weight is 340 g/mol. The van der Waals surface area contributed by atoms with Crippen molar-refractivity contribution < 1.29 is 9.18 Å². The molecule has 3 nitrogen and oxygen atoms in total. The van der Waals surface area contributed by atoms with Crippen LogP contribution in [0.15, 0.2) is 30.5 Å². The minimum Gasteiger partial charge on any atom is -0.354 e. The van der Waals surface area contributed by atoms with Crippen LogP contribution in [-0.2, 0) is 4.79 Å². The predicted octanol–water partition coefficient (Wildman–Crippen LogP) is 4.42. The van der Waals surface area contributed by atoms with Crippen LogP contribution < -0.4 is 5.32 Å². The quantitative estimate of drug-likeness (QED) is 0.899. The molecule has 2 fully saturated rings. The van der Waals surface area contributed by atoms with Gasteiger partial charge in [-0.15, -0.1) is 0 Å². The molecular formula is C21H25FN2O. The van der Waals surface area contributed by atoms with Crippen LogP contribution in [0.4, 0.5) is 4.39 Å². The number of hydrogen-bond donors (Lipinski definition) is 1. The Morgan fingerprint density at radius 1 is 1.16 bits per heavy atom. The molecule has 4 heteroatoms. The van der Waals surface area contributed by atoms with Crippen molar-refractivity contribution in [3.63, 3.8) is 0 Å². The van der Waals surface area contributed by atoms with Crippen molar-refractivity contribution in [2.24, 2.45) is 17.8 Å². The molecule has 1 heterocycles. The number of nitrogens with zero attached hydrogens (tertiary/aromatic N) is 1. The van der Waals surface area contributed by atoms with Gasteiger partial charge in [0.2, 0.25) is 5.91 Å². The number of hydrogen-bond acceptors (Lipinski definition) is 2. The van der Waals surface area contributed by atoms with E-state index in [0.717, 1.165) is 36.6 Å². The highest BCUT2D eigenvalue weighted by Crippen LogP contribution is 2.53. The summed E-state index contributed by atoms with van der Waals surface area (Å²) in [4.78, 5) is 16.7. The lowest BCUT2D eigenvalue weighted by molar-refractivity contribution is -0.125. The van der Waals surface area contributed by atoms with E-state index in [4.69, 9.17) is 0 Å². The van der Waals surface area contributed by atoms with E-state index in [2.05, 4.69) is 16.4 Å². The van der Waals surface area contributed by atoms with Gasteiger partial charge in [-0.1, -0.05) is 0 Å². The molecule has 4 atom stereocenters. The van der Waals surface area contributed by atoms with Gasteiger partial charge in [0.25, 0.3) is 0 Å². The summed E-state index contributed by atoms with van der Waals surface area (Å²) >= 11 is 0. The molecule has 0 spiro atoms. The van der Waals surface area contributed by atoms with E-state index in [9.17, 15) is 9.18 Å². The highest BCUT2D eigenvalue weighted by atomic mass is 19.1. The van der Waals surface area contributed by atoms with Gasteiger partial charge in [-0.25, -0.2) is 4.39 Å². The van der Waals surface area contributed by atoms with E-state index in [1.165, 1.54) is 11.6 Å². The fourth-order valence-electron chi connectivity index (χ4n) is 4.98. The van der Waals surface area contributed by atoms with Crippen LogP contribution in [0.5, 0.6) is 0 Å². The topological polar surface area (TPSA) is 42.0 Å². The first kappa shape index (κ1) is 16.5. The summed E-state index contributed by atoms with van der Waals surface area (Å²) in [5, 5.41) is 4.00. The lowest BCUT2D eigenvalue weighted by Crippen LogP contribution is -2.34. The highest BCUT2D eigenvalue weighted by molar-refractivity contribution is 5.82. The monoisotopic (exact) mass is 340 g/mol. The third-order valence-electron chi connectivity index (χ3n) is 5.99. The number of amides is 1. The summed E-state index contributed by atoms with van der Waals surface area (Å²) < 4.78 is 13.7. The van der Waals surface area contributed by atoms with Crippen molar-refractivity contribution in [3.05, 3.63) is 41.8 Å². The molecule has 132 valence electrons. The molecule has 2 aliphatic rings. The van der Waals surface area contributed by atoms with Gasteiger partial charge in [-0.2, -0.15) is 0 Å². The summed E-state index contributed by atoms with van der Waals surface area (Å²) in [5.41, 5.74) is 2.09. The molecule has 1 amide bonds. The molecule has 1 aromatic carbocycles. The molecule has 0 unspecified atom stereocenters. The molecule has 1 N–H and O–H groups in total. The number of pyridine rings is 1. The zero-order valence-corrected chi connectivity index (χ0v) is 14.8. The van der Waals surface area contributed by atoms with E-state index >= 15 is 0 Å². The summed E-state index contributed by atoms with van der Waals surface area (Å²) in [6.45, 7) is 4.02. The molecule has 2 aromatic rings. The molecule has 0 bridgehead atoms. The Bertz CT molecular complexity index is 790. The van der Waals surface area contributed by atoms with Crippen molar-refractivity contribution in [1.29, 1.82) is 0 Å². The Labute approximate surface area is 148 Å². The smallest absolute Gasteiger partial charge is 0.223 e. The number of rotatable bonds is 3. The molecule has 1 aromatic heterocycles. The van der Waals surface area contributed by atoms with Gasteiger partial charge in [0.05, 0.1) is 5.52 Å². The zero-order valence-electron chi connectivity index (χ0n) is 14.8. The Morgan fingerprint density at radius 3 is 2.56 bits per heavy atom. The van der Waals surface area contributed by atoms with Crippen molar-refractivity contribution in [2.45, 2.75) is 51.5 Å². The van der Waals surface area contributed by atoms with Crippen LogP contribution in [-0.4, -0.2) is 16.9 Å². The average Bonchev–Trinajstić information content (AvgIpc) is 3.12. The molecule has 0 aliphatic heterocycles. The van der Waals surface area contributed by atoms with Crippen molar-refractivity contribution in [2.75, 3.05) is 0 Å². The van der Waals surface area contributed by atoms with Crippen LogP contribution >= 0.6 is 0 Å². The van der Waals surface area contributed by atoms with Gasteiger partial charge in [-0.05, 0) is 87.1 Å². The van der Waals surface area contributed by atoms with Gasteiger partial charge in [0.1, 0.15) is 5.82 Å². The van der Waals surface area contributed by atoms with E-state index in [-0.39, 0.29) is 23.7 Å². The third kappa shape index (κ3) is 3.14. The SMILES string of the molecule is CC(C)NC(=O)[C@H]1C[C@@H]2C[C@H](c3ccnc4ccc(F)cc34)C[C@@H]2C1. The Balaban J connectivity index is 1.51. The maximum absolute atomic E-state index is 13.7. The van der Waals surface area contributed by atoms with E-state index in [0.29, 0.717) is 17.8 Å². The number of benzene rings is 1. The Kier molecular flexibility index (Phi) is 4.22. The number of carbonyl (C=O) groups excluding carboxylic acids is 1. The summed E-state index contributed by atoms with van der Waals surface area (Å²) in [7, 11) is 0. The second-order valence-corrected chi connectivity index (χ2v) is 8.08. The summed E-state index contributed by atoms with van der Waals surface area (Å²) in [6.07, 6.45) is 6.04. The van der Waals surface area contributed by atoms with Crippen LogP contribution in [0.1, 0.15) is 51.0 Å². The number of nitrogens with one attached hydrogen (secondary N) is 1. The molecule has 4 rings (SSSR count). The maximum Gasteiger partial charge on any atom is 0.223 e. The van der Waals surface area contributed by atoms with Crippen molar-refractivity contribution >= 4 is 16.8 Å². The first-order valence-electron chi connectivity index (χ1n) is 9.36. The molecule has 25 heavy (non-hydrogen) atoms. The Hall–Kier alpha value is -1.97. The van der Waals surface area contributed by atoms with Gasteiger partial charge in [-0.3, -0.25) is 9.78 Å². The second kappa shape index (κ2) is 6.40. The molecular weight excluding hydrogens is 315 g/mol. The summed E-state index contributed by atoms with van der Waals surface area (Å²) in [6, 6.07) is 7.11. The summed E-state index contributed by atoms with van der Waals surface area (Å²) in [5.74, 6) is 1.87. The molecule has 0 saturated heterocycles. The lowest BCUT2D eigenvalue weighted by atomic mass is 9.90. The van der Waals surface area contributed by atoms with Gasteiger partial charge < -0.3 is 5.32 Å². The number of halogens is 1. The lowest BCUT2D eigenvalue weighted by Gasteiger charge is -2.17. The Morgan fingerprint density at radius 2 is 1.88 bits per heavy atom. The first-order valence-corrected chi connectivity index (χ1v) is 9.36. The van der Waals surface area contributed by atoms with Crippen LogP contribution in [0.25, 0.3) is 10.9 Å². The van der Waals surface area contributed by atoms with E-state index in [1.807, 2.05) is 20.0 Å². The van der Waals surface area contributed by atoms with Crippen LogP contribution in [0.3, 0.4) is 0 Å². The maximum atomic E-state index is 13.7. The standard InChI is InChI=1S/C21H25FN2O/c1-12(2)24-21(25)16-9-13-7-15(8-14(13)10-16)18-5-6-23-20-4-3-17(22)11-19(18)20/h3-6,11-16H,7-10H2,1-2H3,(H,24,25)/t13-,14+,15-,16-. The van der Waals surface area contributed by atoms with E-state index < -0.39 is 0 Å². The first-order chi connectivity index (χ1) is 12.0. The van der Waals surface area contributed by atoms with Crippen molar-refractivity contribution in [3.8, 4) is 0 Å². The van der Waals surface area contributed by atoms with Gasteiger partial charge in [0, 0.05) is 23.5 Å². The minimum atomic E-state index is -0.203. The normalized spacial score (nSPS) is 28.5. The molecule has 2 saturated carbocycles. The third-order valence-corrected chi connectivity index (χ3v) is 5.99. The zero-order chi connectivity index (χ0) is 17.6. The van der Waals surface area contributed by atoms with Gasteiger partial charge in [0.15, 0.2) is 0 Å². The number of aromatic nitrogens is 1. The fourth-order valence-corrected chi connectivity index (χ4v) is 4.98. The van der Waals surface area contributed by atoms with Crippen LogP contribution in [0, 0.1) is 23.6 Å².